The third-order valence-corrected chi connectivity index (χ3v) is 5.06. The molecule has 25 heavy (non-hydrogen) atoms. The number of hydrogen-bond donors (Lipinski definition) is 1. The van der Waals surface area contributed by atoms with Crippen molar-refractivity contribution < 1.29 is 13.9 Å². The van der Waals surface area contributed by atoms with E-state index < -0.39 is 6.04 Å². The molecule has 1 aromatic heterocycles. The van der Waals surface area contributed by atoms with Crippen LogP contribution in [-0.4, -0.2) is 41.5 Å². The van der Waals surface area contributed by atoms with Crippen LogP contribution in [0.25, 0.3) is 0 Å². The van der Waals surface area contributed by atoms with Gasteiger partial charge in [-0.25, -0.2) is 4.39 Å². The molecular weight excluding hydrogens is 323 g/mol. The van der Waals surface area contributed by atoms with Crippen molar-refractivity contribution in [2.24, 2.45) is 7.05 Å². The zero-order valence-electron chi connectivity index (χ0n) is 14.5. The minimum atomic E-state index is -0.492. The number of morpholine rings is 1. The Bertz CT molecular complexity index is 848. The number of aryl methyl sites for hydroxylation is 1. The third-order valence-electron chi connectivity index (χ3n) is 5.06. The number of fused-ring (bicyclic) bond motifs is 1. The summed E-state index contributed by atoms with van der Waals surface area (Å²) in [5.41, 5.74) is 3.32. The zero-order valence-corrected chi connectivity index (χ0v) is 14.5. The van der Waals surface area contributed by atoms with E-state index in [-0.39, 0.29) is 17.8 Å². The van der Waals surface area contributed by atoms with Crippen LogP contribution in [-0.2, 0) is 11.8 Å². The minimum absolute atomic E-state index is 0.131. The van der Waals surface area contributed by atoms with Crippen molar-refractivity contribution in [2.75, 3.05) is 24.6 Å². The molecule has 2 aliphatic rings. The maximum absolute atomic E-state index is 14.9. The van der Waals surface area contributed by atoms with Crippen LogP contribution in [0.3, 0.4) is 0 Å². The van der Waals surface area contributed by atoms with Crippen molar-refractivity contribution in [3.05, 3.63) is 46.5 Å². The first-order valence-electron chi connectivity index (χ1n) is 8.46. The van der Waals surface area contributed by atoms with E-state index in [4.69, 9.17) is 4.74 Å². The smallest absolute Gasteiger partial charge is 0.272 e. The standard InChI is InChI=1S/C18H21FN4O2/c1-10-9-23(6-7-25-10)12-4-5-13(14(19)8-12)16-15-11(2)22(3)21-17(15)18(24)20-16/h4-5,8,10,16H,6-7,9H2,1-3H3,(H,20,24)/t10-,16?/m1/s1. The Morgan fingerprint density at radius 3 is 2.92 bits per heavy atom. The van der Waals surface area contributed by atoms with Crippen LogP contribution in [0.15, 0.2) is 18.2 Å². The maximum atomic E-state index is 14.9. The van der Waals surface area contributed by atoms with Crippen molar-refractivity contribution in [2.45, 2.75) is 26.0 Å². The summed E-state index contributed by atoms with van der Waals surface area (Å²) >= 11 is 0. The van der Waals surface area contributed by atoms with Gasteiger partial charge in [-0.2, -0.15) is 5.10 Å². The maximum Gasteiger partial charge on any atom is 0.272 e. The highest BCUT2D eigenvalue weighted by Gasteiger charge is 2.36. The average molecular weight is 344 g/mol. The molecule has 0 radical (unpaired) electrons. The van der Waals surface area contributed by atoms with Crippen LogP contribution in [0.4, 0.5) is 10.1 Å². The molecule has 1 unspecified atom stereocenters. The van der Waals surface area contributed by atoms with E-state index in [9.17, 15) is 9.18 Å². The van der Waals surface area contributed by atoms with Gasteiger partial charge in [0.2, 0.25) is 0 Å². The van der Waals surface area contributed by atoms with Gasteiger partial charge >= 0.3 is 0 Å². The van der Waals surface area contributed by atoms with Gasteiger partial charge in [0.25, 0.3) is 5.91 Å². The van der Waals surface area contributed by atoms with Gasteiger partial charge in [0.05, 0.1) is 18.8 Å². The molecule has 3 heterocycles. The van der Waals surface area contributed by atoms with Gasteiger partial charge in [-0.3, -0.25) is 9.48 Å². The number of aromatic nitrogens is 2. The van der Waals surface area contributed by atoms with Gasteiger partial charge in [0.15, 0.2) is 5.69 Å². The lowest BCUT2D eigenvalue weighted by atomic mass is 9.99. The number of rotatable bonds is 2. The summed E-state index contributed by atoms with van der Waals surface area (Å²) in [4.78, 5) is 14.3. The van der Waals surface area contributed by atoms with Gasteiger partial charge in [-0.1, -0.05) is 6.07 Å². The third kappa shape index (κ3) is 2.59. The van der Waals surface area contributed by atoms with Gasteiger partial charge in [0.1, 0.15) is 5.82 Å². The molecule has 1 aromatic carbocycles. The summed E-state index contributed by atoms with van der Waals surface area (Å²) in [6.45, 7) is 6.03. The van der Waals surface area contributed by atoms with Gasteiger partial charge in [-0.15, -0.1) is 0 Å². The summed E-state index contributed by atoms with van der Waals surface area (Å²) in [5, 5.41) is 7.08. The summed E-state index contributed by atoms with van der Waals surface area (Å²) in [6, 6.07) is 4.72. The topological polar surface area (TPSA) is 59.4 Å². The first kappa shape index (κ1) is 16.1. The molecule has 1 saturated heterocycles. The van der Waals surface area contributed by atoms with Crippen molar-refractivity contribution in [1.29, 1.82) is 0 Å². The monoisotopic (exact) mass is 344 g/mol. The van der Waals surface area contributed by atoms with Crippen LogP contribution in [0, 0.1) is 12.7 Å². The van der Waals surface area contributed by atoms with Crippen molar-refractivity contribution >= 4 is 11.6 Å². The molecule has 1 fully saturated rings. The molecular formula is C18H21FN4O2. The van der Waals surface area contributed by atoms with Gasteiger partial charge in [-0.05, 0) is 26.0 Å². The molecule has 0 spiro atoms. The fourth-order valence-corrected chi connectivity index (χ4v) is 3.64. The number of nitrogens with one attached hydrogen (secondary N) is 1. The Labute approximate surface area is 145 Å². The molecule has 1 N–H and O–H groups in total. The number of nitrogens with zero attached hydrogens (tertiary/aromatic N) is 3. The molecule has 0 bridgehead atoms. The number of amides is 1. The van der Waals surface area contributed by atoms with E-state index in [2.05, 4.69) is 15.3 Å². The van der Waals surface area contributed by atoms with E-state index >= 15 is 0 Å². The van der Waals surface area contributed by atoms with Crippen LogP contribution < -0.4 is 10.2 Å². The molecule has 6 nitrogen and oxygen atoms in total. The second-order valence-electron chi connectivity index (χ2n) is 6.71. The quantitative estimate of drug-likeness (QED) is 0.904. The van der Waals surface area contributed by atoms with Crippen molar-refractivity contribution in [3.63, 3.8) is 0 Å². The predicted octanol–water partition coefficient (Wildman–Crippen LogP) is 1.93. The second-order valence-corrected chi connectivity index (χ2v) is 6.71. The lowest BCUT2D eigenvalue weighted by molar-refractivity contribution is 0.0532. The molecule has 2 aromatic rings. The largest absolute Gasteiger partial charge is 0.375 e. The molecule has 0 aliphatic carbocycles. The van der Waals surface area contributed by atoms with E-state index in [1.165, 1.54) is 0 Å². The Kier molecular flexibility index (Phi) is 3.76. The van der Waals surface area contributed by atoms with Gasteiger partial charge < -0.3 is 15.0 Å². The fraction of sp³-hybridized carbons (Fsp3) is 0.444. The van der Waals surface area contributed by atoms with Crippen LogP contribution in [0.5, 0.6) is 0 Å². The van der Waals surface area contributed by atoms with E-state index in [1.807, 2.05) is 19.9 Å². The Hall–Kier alpha value is -2.41. The molecule has 2 aliphatic heterocycles. The lowest BCUT2D eigenvalue weighted by Crippen LogP contribution is -2.41. The molecule has 4 rings (SSSR count). The Morgan fingerprint density at radius 1 is 1.40 bits per heavy atom. The number of halogens is 1. The summed E-state index contributed by atoms with van der Waals surface area (Å²) in [5.74, 6) is -0.577. The summed E-state index contributed by atoms with van der Waals surface area (Å²) < 4.78 is 22.1. The van der Waals surface area contributed by atoms with Crippen molar-refractivity contribution in [3.8, 4) is 0 Å². The molecule has 132 valence electrons. The Balaban J connectivity index is 1.68. The molecule has 1 amide bonds. The van der Waals surface area contributed by atoms with Crippen LogP contribution in [0.2, 0.25) is 0 Å². The number of hydrogen-bond acceptors (Lipinski definition) is 4. The number of anilines is 1. The minimum Gasteiger partial charge on any atom is -0.375 e. The van der Waals surface area contributed by atoms with E-state index in [1.54, 1.807) is 23.9 Å². The molecule has 0 saturated carbocycles. The second kappa shape index (κ2) is 5.84. The first-order valence-corrected chi connectivity index (χ1v) is 8.46. The Morgan fingerprint density at radius 2 is 2.20 bits per heavy atom. The number of carbonyl (C=O) groups excluding carboxylic acids is 1. The van der Waals surface area contributed by atoms with Crippen LogP contribution >= 0.6 is 0 Å². The predicted molar refractivity (Wildman–Crippen MR) is 91.3 cm³/mol. The first-order chi connectivity index (χ1) is 12.0. The number of carbonyl (C=O) groups is 1. The lowest BCUT2D eigenvalue weighted by Gasteiger charge is -2.33. The van der Waals surface area contributed by atoms with Crippen molar-refractivity contribution in [1.82, 2.24) is 15.1 Å². The zero-order chi connectivity index (χ0) is 17.7. The molecule has 2 atom stereocenters. The van der Waals surface area contributed by atoms with E-state index in [0.717, 1.165) is 30.0 Å². The summed E-state index contributed by atoms with van der Waals surface area (Å²) in [6.07, 6.45) is 0.131. The normalized spacial score (nSPS) is 22.9. The average Bonchev–Trinajstić information content (AvgIpc) is 3.05. The highest BCUT2D eigenvalue weighted by atomic mass is 19.1. The SMILES string of the molecule is Cc1c2c(nn1C)C(=O)NC2c1ccc(N2CCO[C@H](C)C2)cc1F. The number of ether oxygens (including phenoxy) is 1. The number of benzene rings is 1. The highest BCUT2D eigenvalue weighted by molar-refractivity contribution is 5.98. The van der Waals surface area contributed by atoms with E-state index in [0.29, 0.717) is 17.9 Å². The fourth-order valence-electron chi connectivity index (χ4n) is 3.64. The summed E-state index contributed by atoms with van der Waals surface area (Å²) in [7, 11) is 1.79. The van der Waals surface area contributed by atoms with Gasteiger partial charge in [0, 0.05) is 42.6 Å². The highest BCUT2D eigenvalue weighted by Crippen LogP contribution is 2.35. The van der Waals surface area contributed by atoms with Crippen LogP contribution in [0.1, 0.15) is 40.3 Å². The molecule has 7 heteroatoms.